The van der Waals surface area contributed by atoms with Crippen molar-refractivity contribution in [1.29, 1.82) is 0 Å². The largest absolute Gasteiger partial charge is 1.00 e. The Morgan fingerprint density at radius 3 is 0.692 bits per heavy atom. The summed E-state index contributed by atoms with van der Waals surface area (Å²) in [6.45, 7) is 0. The first-order chi connectivity index (χ1) is 4.00. The molecule has 0 fully saturated rings. The van der Waals surface area contributed by atoms with E-state index in [1.165, 1.54) is 0 Å². The van der Waals surface area contributed by atoms with Gasteiger partial charge in [0, 0.05) is 0 Å². The van der Waals surface area contributed by atoms with Crippen molar-refractivity contribution in [2.24, 2.45) is 0 Å². The maximum atomic E-state index is 8.88. The SMILES string of the molecule is O=P(O)(O)O.O=P(O)(O)O.[H-].[H-].[H-].[K+].[Na+].[Na+]. The summed E-state index contributed by atoms with van der Waals surface area (Å²) in [4.78, 5) is 43.1. The molecule has 70 valence electrons. The smallest absolute Gasteiger partial charge is 1.00 e. The van der Waals surface area contributed by atoms with Gasteiger partial charge in [0.15, 0.2) is 0 Å². The molecule has 13 heavy (non-hydrogen) atoms. The van der Waals surface area contributed by atoms with Crippen LogP contribution in [0.3, 0.4) is 0 Å². The van der Waals surface area contributed by atoms with Crippen molar-refractivity contribution in [2.75, 3.05) is 0 Å². The van der Waals surface area contributed by atoms with E-state index in [4.69, 9.17) is 38.5 Å². The van der Waals surface area contributed by atoms with Gasteiger partial charge in [0.25, 0.3) is 0 Å². The Bertz CT molecular complexity index is 144. The average molecular weight is 284 g/mol. The van der Waals surface area contributed by atoms with Gasteiger partial charge in [0.2, 0.25) is 0 Å². The van der Waals surface area contributed by atoms with Gasteiger partial charge < -0.3 is 33.6 Å². The molecule has 0 saturated carbocycles. The Morgan fingerprint density at radius 2 is 0.692 bits per heavy atom. The zero-order valence-corrected chi connectivity index (χ0v) is 16.3. The molecular weight excluding hydrogens is 275 g/mol. The molecule has 0 aromatic heterocycles. The molecule has 0 saturated heterocycles. The Morgan fingerprint density at radius 1 is 0.692 bits per heavy atom. The molecule has 0 aliphatic rings. The quantitative estimate of drug-likeness (QED) is 0.189. The van der Waals surface area contributed by atoms with Gasteiger partial charge in [-0.05, 0) is 0 Å². The van der Waals surface area contributed by atoms with Crippen molar-refractivity contribution in [3.8, 4) is 0 Å². The second-order valence-corrected chi connectivity index (χ2v) is 3.08. The molecule has 0 spiro atoms. The summed E-state index contributed by atoms with van der Waals surface area (Å²) in [7, 11) is -9.28. The zero-order valence-electron chi connectivity index (χ0n) is 10.4. The Balaban J connectivity index is -0.00000000970. The summed E-state index contributed by atoms with van der Waals surface area (Å²) in [5, 5.41) is 0. The minimum Gasteiger partial charge on any atom is -1.00 e. The molecule has 0 heterocycles. The fraction of sp³-hybridized carbons (Fsp3) is 0. The van der Waals surface area contributed by atoms with Gasteiger partial charge in [-0.2, -0.15) is 0 Å². The van der Waals surface area contributed by atoms with Crippen LogP contribution >= 0.6 is 15.6 Å². The molecule has 0 unspecified atom stereocenters. The first-order valence-corrected chi connectivity index (χ1v) is 4.70. The summed E-state index contributed by atoms with van der Waals surface area (Å²) in [6.07, 6.45) is 0. The molecule has 0 radical (unpaired) electrons. The van der Waals surface area contributed by atoms with Crippen LogP contribution in [0.2, 0.25) is 0 Å². The summed E-state index contributed by atoms with van der Waals surface area (Å²) in [5.41, 5.74) is 0. The van der Waals surface area contributed by atoms with Gasteiger partial charge in [0.05, 0.1) is 0 Å². The molecular formula is H9KNa2O8P2. The van der Waals surface area contributed by atoms with Crippen LogP contribution < -0.4 is 110 Å². The summed E-state index contributed by atoms with van der Waals surface area (Å²) in [5.74, 6) is 0. The van der Waals surface area contributed by atoms with E-state index in [2.05, 4.69) is 0 Å². The fourth-order valence-electron chi connectivity index (χ4n) is 0. The predicted octanol–water partition coefficient (Wildman–Crippen LogP) is -10.5. The topological polar surface area (TPSA) is 156 Å². The second kappa shape index (κ2) is 13.9. The first kappa shape index (κ1) is 30.1. The summed E-state index contributed by atoms with van der Waals surface area (Å²) >= 11 is 0. The van der Waals surface area contributed by atoms with Crippen LogP contribution in [0.25, 0.3) is 0 Å². The van der Waals surface area contributed by atoms with E-state index in [1.807, 2.05) is 0 Å². The molecule has 0 aliphatic carbocycles. The minimum absolute atomic E-state index is 0. The van der Waals surface area contributed by atoms with E-state index in [1.54, 1.807) is 0 Å². The standard InChI is InChI=1S/K.2Na.2H3O4P.3H/c;;;2*1-5(2,3)4;;;/h;;;2*(H3,1,2,3,4);;;/q3*+1;;;3*-1. The predicted molar refractivity (Wildman–Crippen MR) is 31.9 cm³/mol. The van der Waals surface area contributed by atoms with Gasteiger partial charge in [-0.25, -0.2) is 9.13 Å². The van der Waals surface area contributed by atoms with E-state index >= 15 is 0 Å². The molecule has 0 rings (SSSR count). The summed E-state index contributed by atoms with van der Waals surface area (Å²) in [6, 6.07) is 0. The van der Waals surface area contributed by atoms with E-state index in [9.17, 15) is 0 Å². The monoisotopic (exact) mass is 284 g/mol. The molecule has 13 heteroatoms. The number of hydrogen-bond donors (Lipinski definition) is 6. The van der Waals surface area contributed by atoms with Crippen LogP contribution in [0, 0.1) is 0 Å². The van der Waals surface area contributed by atoms with Crippen molar-refractivity contribution >= 4 is 15.6 Å². The van der Waals surface area contributed by atoms with Gasteiger partial charge in [-0.3, -0.25) is 0 Å². The van der Waals surface area contributed by atoms with Gasteiger partial charge in [0.1, 0.15) is 0 Å². The third-order valence-corrected chi connectivity index (χ3v) is 0. The Hall–Kier alpha value is 3.86. The van der Waals surface area contributed by atoms with Gasteiger partial charge in [-0.1, -0.05) is 0 Å². The van der Waals surface area contributed by atoms with Gasteiger partial charge in [-0.15, -0.1) is 0 Å². The maximum absolute atomic E-state index is 8.88. The number of rotatable bonds is 0. The zero-order chi connectivity index (χ0) is 9.00. The van der Waals surface area contributed by atoms with Crippen molar-refractivity contribution in [2.45, 2.75) is 0 Å². The minimum atomic E-state index is -4.64. The van der Waals surface area contributed by atoms with Crippen LogP contribution in [-0.4, -0.2) is 29.4 Å². The van der Waals surface area contributed by atoms with Crippen LogP contribution in [-0.2, 0) is 9.13 Å². The van der Waals surface area contributed by atoms with E-state index in [0.717, 1.165) is 0 Å². The molecule has 6 N–H and O–H groups in total. The number of hydrogen-bond acceptors (Lipinski definition) is 2. The van der Waals surface area contributed by atoms with Crippen LogP contribution in [0.15, 0.2) is 0 Å². The molecule has 0 bridgehead atoms. The fourth-order valence-corrected chi connectivity index (χ4v) is 0. The van der Waals surface area contributed by atoms with E-state index < -0.39 is 15.6 Å². The van der Waals surface area contributed by atoms with E-state index in [0.29, 0.717) is 0 Å². The van der Waals surface area contributed by atoms with Crippen LogP contribution in [0.1, 0.15) is 4.28 Å². The van der Waals surface area contributed by atoms with Crippen molar-refractivity contribution < 1.29 is 153 Å². The van der Waals surface area contributed by atoms with E-state index in [-0.39, 0.29) is 115 Å². The molecule has 8 nitrogen and oxygen atoms in total. The van der Waals surface area contributed by atoms with Crippen LogP contribution in [0.5, 0.6) is 0 Å². The Kier molecular flexibility index (Phi) is 32.3. The molecule has 0 amide bonds. The normalized spacial score (nSPS) is 9.08. The van der Waals surface area contributed by atoms with Gasteiger partial charge >= 0.3 is 126 Å². The first-order valence-electron chi connectivity index (χ1n) is 1.57. The van der Waals surface area contributed by atoms with Crippen LogP contribution in [0.4, 0.5) is 0 Å². The third-order valence-electron chi connectivity index (χ3n) is 0. The molecule has 0 aromatic carbocycles. The third kappa shape index (κ3) is 205. The van der Waals surface area contributed by atoms with Crippen molar-refractivity contribution in [3.05, 3.63) is 0 Å². The summed E-state index contributed by atoms with van der Waals surface area (Å²) < 4.78 is 17.8. The Labute approximate surface area is 165 Å². The molecule has 0 atom stereocenters. The molecule has 0 aromatic rings. The molecule has 0 aliphatic heterocycles. The second-order valence-electron chi connectivity index (χ2n) is 1.03. The van der Waals surface area contributed by atoms with Crippen molar-refractivity contribution in [3.63, 3.8) is 0 Å². The maximum Gasteiger partial charge on any atom is 1.00 e. The average Bonchev–Trinajstić information content (AvgIpc) is 1.12. The van der Waals surface area contributed by atoms with Crippen molar-refractivity contribution in [1.82, 2.24) is 0 Å². The number of phosphoric acid groups is 2.